The van der Waals surface area contributed by atoms with Crippen molar-refractivity contribution in [2.45, 2.75) is 12.1 Å². The Bertz CT molecular complexity index is 1010. The van der Waals surface area contributed by atoms with Gasteiger partial charge in [0.15, 0.2) is 0 Å². The van der Waals surface area contributed by atoms with Gasteiger partial charge in [-0.15, -0.1) is 5.10 Å². The zero-order valence-corrected chi connectivity index (χ0v) is 17.2. The van der Waals surface area contributed by atoms with Gasteiger partial charge in [0.05, 0.1) is 43.4 Å². The number of hydrogen-bond donors (Lipinski definition) is 4. The molecule has 2 amide bonds. The number of morpholine rings is 1. The summed E-state index contributed by atoms with van der Waals surface area (Å²) < 4.78 is 10.5. The topological polar surface area (TPSA) is 125 Å². The van der Waals surface area contributed by atoms with Crippen LogP contribution in [0.25, 0.3) is 10.9 Å². The van der Waals surface area contributed by atoms with Gasteiger partial charge in [0.2, 0.25) is 5.88 Å². The Morgan fingerprint density at radius 1 is 1.32 bits per heavy atom. The van der Waals surface area contributed by atoms with E-state index in [0.29, 0.717) is 37.0 Å². The Labute approximate surface area is 179 Å². The fourth-order valence-electron chi connectivity index (χ4n) is 3.62. The first kappa shape index (κ1) is 21.0. The molecule has 0 bridgehead atoms. The summed E-state index contributed by atoms with van der Waals surface area (Å²) in [6.07, 6.45) is 0.786. The zero-order chi connectivity index (χ0) is 21.6. The Kier molecular flexibility index (Phi) is 6.60. The van der Waals surface area contributed by atoms with Gasteiger partial charge in [-0.2, -0.15) is 0 Å². The van der Waals surface area contributed by atoms with Crippen LogP contribution in [0, 0.1) is 0 Å². The van der Waals surface area contributed by atoms with Crippen LogP contribution >= 0.6 is 0 Å². The minimum Gasteiger partial charge on any atom is -0.479 e. The molecule has 1 aromatic carbocycles. The highest BCUT2D eigenvalue weighted by molar-refractivity contribution is 5.92. The van der Waals surface area contributed by atoms with Crippen LogP contribution in [-0.2, 0) is 4.74 Å². The number of aliphatic hydroxyl groups excluding tert-OH is 1. The summed E-state index contributed by atoms with van der Waals surface area (Å²) >= 11 is 0. The van der Waals surface area contributed by atoms with Crippen molar-refractivity contribution in [2.24, 2.45) is 0 Å². The Morgan fingerprint density at radius 2 is 2.10 bits per heavy atom. The second-order valence-corrected chi connectivity index (χ2v) is 7.32. The lowest BCUT2D eigenvalue weighted by atomic mass is 10.0. The highest BCUT2D eigenvalue weighted by Gasteiger charge is 2.26. The molecule has 1 saturated heterocycles. The van der Waals surface area contributed by atoms with Crippen molar-refractivity contribution in [3.05, 3.63) is 48.2 Å². The number of fused-ring (bicyclic) bond motifs is 1. The molecule has 1 aliphatic heterocycles. The fraction of sp³-hybridized carbons (Fsp3) is 0.381. The molecule has 31 heavy (non-hydrogen) atoms. The van der Waals surface area contributed by atoms with Gasteiger partial charge in [-0.1, -0.05) is 30.3 Å². The van der Waals surface area contributed by atoms with Crippen LogP contribution < -0.4 is 15.4 Å². The largest absolute Gasteiger partial charge is 0.479 e. The van der Waals surface area contributed by atoms with Crippen molar-refractivity contribution in [2.75, 3.05) is 45.3 Å². The van der Waals surface area contributed by atoms with Gasteiger partial charge >= 0.3 is 6.03 Å². The number of aliphatic hydroxyl groups is 1. The van der Waals surface area contributed by atoms with Crippen molar-refractivity contribution in [3.8, 4) is 5.88 Å². The monoisotopic (exact) mass is 426 g/mol. The molecule has 2 aromatic heterocycles. The molecule has 1 fully saturated rings. The molecule has 3 heterocycles. The average Bonchev–Trinajstić information content (AvgIpc) is 3.21. The third-order valence-corrected chi connectivity index (χ3v) is 5.23. The number of carbonyl (C=O) groups is 1. The SMILES string of the molecule is COc1n[nH]c2cc(NC(=O)N[C@@H](c3ccccc3)[C@H](O)CN3CCOCC3)ncc12. The van der Waals surface area contributed by atoms with Crippen LogP contribution in [0.2, 0.25) is 0 Å². The average molecular weight is 426 g/mol. The third kappa shape index (κ3) is 5.10. The smallest absolute Gasteiger partial charge is 0.320 e. The molecule has 0 unspecified atom stereocenters. The predicted molar refractivity (Wildman–Crippen MR) is 115 cm³/mol. The molecule has 4 N–H and O–H groups in total. The van der Waals surface area contributed by atoms with E-state index in [9.17, 15) is 9.90 Å². The van der Waals surface area contributed by atoms with Gasteiger partial charge in [0, 0.05) is 31.9 Å². The van der Waals surface area contributed by atoms with Crippen molar-refractivity contribution < 1.29 is 19.4 Å². The standard InChI is InChI=1S/C21H26N6O4/c1-30-20-15-12-22-18(11-16(15)25-26-20)23-21(29)24-19(14-5-3-2-4-6-14)17(28)13-27-7-9-31-10-8-27/h2-6,11-12,17,19,28H,7-10,13H2,1H3,(H,25,26)(H2,22,23,24,29)/t17-,19+/m1/s1. The molecule has 1 aliphatic rings. The molecule has 0 aliphatic carbocycles. The summed E-state index contributed by atoms with van der Waals surface area (Å²) in [5.74, 6) is 0.791. The van der Waals surface area contributed by atoms with Gasteiger partial charge in [-0.3, -0.25) is 15.3 Å². The first-order valence-electron chi connectivity index (χ1n) is 10.1. The maximum Gasteiger partial charge on any atom is 0.320 e. The number of carbonyl (C=O) groups excluding carboxylic acids is 1. The highest BCUT2D eigenvalue weighted by Crippen LogP contribution is 2.23. The number of ether oxygens (including phenoxy) is 2. The number of nitrogens with zero attached hydrogens (tertiary/aromatic N) is 3. The van der Waals surface area contributed by atoms with Gasteiger partial charge in [0.1, 0.15) is 5.82 Å². The molecule has 10 nitrogen and oxygen atoms in total. The van der Waals surface area contributed by atoms with E-state index in [2.05, 4.69) is 30.7 Å². The van der Waals surface area contributed by atoms with Gasteiger partial charge in [0.25, 0.3) is 0 Å². The number of hydrogen-bond acceptors (Lipinski definition) is 7. The maximum absolute atomic E-state index is 12.7. The maximum atomic E-state index is 12.7. The molecule has 0 spiro atoms. The second-order valence-electron chi connectivity index (χ2n) is 7.32. The van der Waals surface area contributed by atoms with Gasteiger partial charge in [-0.05, 0) is 5.56 Å². The van der Waals surface area contributed by atoms with Crippen LogP contribution in [0.4, 0.5) is 10.6 Å². The van der Waals surface area contributed by atoms with E-state index in [1.165, 1.54) is 7.11 Å². The number of nitrogens with one attached hydrogen (secondary N) is 3. The quantitative estimate of drug-likeness (QED) is 0.451. The fourth-order valence-corrected chi connectivity index (χ4v) is 3.62. The second kappa shape index (κ2) is 9.73. The van der Waals surface area contributed by atoms with E-state index in [0.717, 1.165) is 24.0 Å². The number of β-amino-alcohol motifs (C(OH)–C–C–N with tert-alkyl or cyclic N) is 1. The Hall–Kier alpha value is -3.21. The number of amides is 2. The molecule has 0 saturated carbocycles. The molecule has 10 heteroatoms. The van der Waals surface area contributed by atoms with Crippen molar-refractivity contribution in [1.29, 1.82) is 0 Å². The minimum atomic E-state index is -0.793. The number of benzene rings is 1. The number of methoxy groups -OCH3 is 1. The summed E-state index contributed by atoms with van der Waals surface area (Å²) in [7, 11) is 1.53. The van der Waals surface area contributed by atoms with E-state index in [4.69, 9.17) is 9.47 Å². The van der Waals surface area contributed by atoms with Crippen molar-refractivity contribution in [1.82, 2.24) is 25.4 Å². The molecule has 2 atom stereocenters. The van der Waals surface area contributed by atoms with Crippen LogP contribution in [0.15, 0.2) is 42.6 Å². The number of urea groups is 1. The molecular formula is C21H26N6O4. The van der Waals surface area contributed by atoms with E-state index >= 15 is 0 Å². The lowest BCUT2D eigenvalue weighted by Gasteiger charge is -2.32. The van der Waals surface area contributed by atoms with Crippen LogP contribution in [-0.4, -0.2) is 77.3 Å². The number of rotatable bonds is 7. The van der Waals surface area contributed by atoms with E-state index in [1.54, 1.807) is 12.3 Å². The molecule has 3 aromatic rings. The number of anilines is 1. The normalized spacial score (nSPS) is 16.6. The molecule has 4 rings (SSSR count). The molecular weight excluding hydrogens is 400 g/mol. The summed E-state index contributed by atoms with van der Waals surface area (Å²) in [6.45, 7) is 3.22. The molecule has 0 radical (unpaired) electrons. The van der Waals surface area contributed by atoms with Crippen LogP contribution in [0.1, 0.15) is 11.6 Å². The third-order valence-electron chi connectivity index (χ3n) is 5.23. The van der Waals surface area contributed by atoms with Gasteiger partial charge < -0.3 is 19.9 Å². The number of H-pyrrole nitrogens is 1. The zero-order valence-electron chi connectivity index (χ0n) is 17.2. The van der Waals surface area contributed by atoms with E-state index in [-0.39, 0.29) is 0 Å². The minimum absolute atomic E-state index is 0.353. The number of aromatic nitrogens is 3. The number of pyridine rings is 1. The first-order chi connectivity index (χ1) is 15.1. The summed E-state index contributed by atoms with van der Waals surface area (Å²) in [5.41, 5.74) is 1.51. The van der Waals surface area contributed by atoms with Gasteiger partial charge in [-0.25, -0.2) is 9.78 Å². The summed E-state index contributed by atoms with van der Waals surface area (Å²) in [5, 5.41) is 24.1. The number of aromatic amines is 1. The van der Waals surface area contributed by atoms with Crippen molar-refractivity contribution >= 4 is 22.8 Å². The van der Waals surface area contributed by atoms with E-state index in [1.807, 2.05) is 30.3 Å². The van der Waals surface area contributed by atoms with E-state index < -0.39 is 18.2 Å². The van der Waals surface area contributed by atoms with Crippen LogP contribution in [0.5, 0.6) is 5.88 Å². The highest BCUT2D eigenvalue weighted by atomic mass is 16.5. The lowest BCUT2D eigenvalue weighted by Crippen LogP contribution is -2.46. The van der Waals surface area contributed by atoms with Crippen LogP contribution in [0.3, 0.4) is 0 Å². The Balaban J connectivity index is 1.46. The van der Waals surface area contributed by atoms with Crippen molar-refractivity contribution in [3.63, 3.8) is 0 Å². The molecule has 164 valence electrons. The first-order valence-corrected chi connectivity index (χ1v) is 10.1. The lowest BCUT2D eigenvalue weighted by molar-refractivity contribution is 0.00731. The predicted octanol–water partition coefficient (Wildman–Crippen LogP) is 1.52. The Morgan fingerprint density at radius 3 is 2.84 bits per heavy atom. The summed E-state index contributed by atoms with van der Waals surface area (Å²) in [6, 6.07) is 10.0. The summed E-state index contributed by atoms with van der Waals surface area (Å²) in [4.78, 5) is 19.1.